The van der Waals surface area contributed by atoms with Crippen molar-refractivity contribution in [3.05, 3.63) is 24.3 Å². The number of hydrogen-bond donors (Lipinski definition) is 0. The van der Waals surface area contributed by atoms with Crippen molar-refractivity contribution in [2.24, 2.45) is 4.99 Å². The van der Waals surface area contributed by atoms with E-state index in [4.69, 9.17) is 28.4 Å². The number of esters is 4. The predicted molar refractivity (Wildman–Crippen MR) is 107 cm³/mol. The molecule has 1 heterocycles. The van der Waals surface area contributed by atoms with Crippen LogP contribution in [0.1, 0.15) is 27.7 Å². The van der Waals surface area contributed by atoms with Gasteiger partial charge >= 0.3 is 23.9 Å². The molecule has 5 atom stereocenters. The lowest BCUT2D eigenvalue weighted by molar-refractivity contribution is -0.288. The Morgan fingerprint density at radius 1 is 0.848 bits per heavy atom. The molecule has 178 valence electrons. The zero-order chi connectivity index (χ0) is 24.5. The fraction of sp³-hybridized carbons (Fsp3) is 0.476. The van der Waals surface area contributed by atoms with E-state index in [1.54, 1.807) is 0 Å². The normalized spacial score (nSPS) is 23.9. The molecule has 0 bridgehead atoms. The Bertz CT molecular complexity index is 923. The first-order valence-electron chi connectivity index (χ1n) is 9.75. The summed E-state index contributed by atoms with van der Waals surface area (Å²) >= 11 is 0. The molecule has 1 aromatic carbocycles. The van der Waals surface area contributed by atoms with Crippen LogP contribution < -0.4 is 4.74 Å². The molecule has 12 nitrogen and oxygen atoms in total. The molecule has 0 amide bonds. The van der Waals surface area contributed by atoms with Gasteiger partial charge in [0.25, 0.3) is 0 Å². The topological polar surface area (TPSA) is 153 Å². The highest BCUT2D eigenvalue weighted by Gasteiger charge is 2.53. The molecule has 12 heteroatoms. The molecule has 1 aromatic rings. The Hall–Kier alpha value is -3.76. The van der Waals surface area contributed by atoms with E-state index in [-0.39, 0.29) is 12.4 Å². The van der Waals surface area contributed by atoms with E-state index in [0.717, 1.165) is 20.8 Å². The number of isocyanates is 1. The van der Waals surface area contributed by atoms with Crippen molar-refractivity contribution in [2.75, 3.05) is 6.61 Å². The number of rotatable bonds is 8. The van der Waals surface area contributed by atoms with Gasteiger partial charge in [-0.1, -0.05) is 0 Å². The molecule has 0 unspecified atom stereocenters. The van der Waals surface area contributed by atoms with Gasteiger partial charge in [0.05, 0.1) is 5.69 Å². The number of aliphatic imine (C=N–C) groups is 1. The molecule has 0 aliphatic carbocycles. The summed E-state index contributed by atoms with van der Waals surface area (Å²) in [6.07, 6.45) is -5.04. The van der Waals surface area contributed by atoms with E-state index in [2.05, 4.69) is 4.99 Å². The van der Waals surface area contributed by atoms with E-state index in [1.807, 2.05) is 0 Å². The molecule has 2 rings (SSSR count). The Morgan fingerprint density at radius 2 is 1.39 bits per heavy atom. The largest absolute Gasteiger partial charge is 0.463 e. The first-order valence-corrected chi connectivity index (χ1v) is 9.75. The summed E-state index contributed by atoms with van der Waals surface area (Å²) < 4.78 is 32.5. The van der Waals surface area contributed by atoms with E-state index in [0.29, 0.717) is 5.69 Å². The molecule has 0 aromatic heterocycles. The van der Waals surface area contributed by atoms with E-state index in [9.17, 15) is 24.0 Å². The fourth-order valence-electron chi connectivity index (χ4n) is 3.07. The van der Waals surface area contributed by atoms with Crippen LogP contribution in [0, 0.1) is 0 Å². The SMILES string of the molecule is CC(=O)OC[C@H]1O[C@@H](Oc2ccc(N=C=O)cc2)[C@H](OC(C)=O)[C@@H](OC(C)=O)[C@@H]1OC(C)=O. The van der Waals surface area contributed by atoms with Crippen molar-refractivity contribution in [3.8, 4) is 5.75 Å². The van der Waals surface area contributed by atoms with Gasteiger partial charge in [0, 0.05) is 27.7 Å². The molecular formula is C21H23NO11. The Morgan fingerprint density at radius 3 is 1.91 bits per heavy atom. The van der Waals surface area contributed by atoms with Gasteiger partial charge in [0.1, 0.15) is 18.5 Å². The highest BCUT2D eigenvalue weighted by molar-refractivity contribution is 5.68. The lowest BCUT2D eigenvalue weighted by atomic mass is 9.98. The molecule has 0 saturated carbocycles. The first-order chi connectivity index (χ1) is 15.6. The van der Waals surface area contributed by atoms with Crippen LogP contribution in [0.25, 0.3) is 0 Å². The molecule has 1 aliphatic heterocycles. The third kappa shape index (κ3) is 7.70. The summed E-state index contributed by atoms with van der Waals surface area (Å²) in [4.78, 5) is 60.5. The van der Waals surface area contributed by atoms with Gasteiger partial charge in [-0.05, 0) is 24.3 Å². The number of hydrogen-bond acceptors (Lipinski definition) is 12. The second kappa shape index (κ2) is 11.7. The molecule has 1 saturated heterocycles. The summed E-state index contributed by atoms with van der Waals surface area (Å²) in [7, 11) is 0. The molecule has 0 N–H and O–H groups in total. The van der Waals surface area contributed by atoms with Crippen LogP contribution in [-0.4, -0.2) is 67.3 Å². The third-order valence-electron chi connectivity index (χ3n) is 4.21. The Balaban J connectivity index is 2.43. The summed E-state index contributed by atoms with van der Waals surface area (Å²) in [6, 6.07) is 5.85. The molecule has 0 radical (unpaired) electrons. The molecule has 1 fully saturated rings. The van der Waals surface area contributed by atoms with Crippen molar-refractivity contribution < 1.29 is 52.4 Å². The zero-order valence-corrected chi connectivity index (χ0v) is 18.3. The predicted octanol–water partition coefficient (Wildman–Crippen LogP) is 1.12. The fourth-order valence-corrected chi connectivity index (χ4v) is 3.07. The van der Waals surface area contributed by atoms with Gasteiger partial charge in [0.15, 0.2) is 12.2 Å². The van der Waals surface area contributed by atoms with Crippen molar-refractivity contribution in [1.82, 2.24) is 0 Å². The number of carbonyl (C=O) groups excluding carboxylic acids is 5. The molecular weight excluding hydrogens is 442 g/mol. The van der Waals surface area contributed by atoms with Crippen LogP contribution in [0.15, 0.2) is 29.3 Å². The Labute approximate surface area is 188 Å². The van der Waals surface area contributed by atoms with Gasteiger partial charge in [-0.25, -0.2) is 4.79 Å². The van der Waals surface area contributed by atoms with Crippen molar-refractivity contribution in [1.29, 1.82) is 0 Å². The van der Waals surface area contributed by atoms with E-state index >= 15 is 0 Å². The first kappa shape index (κ1) is 25.5. The van der Waals surface area contributed by atoms with Crippen LogP contribution in [0.2, 0.25) is 0 Å². The number of nitrogens with zero attached hydrogens (tertiary/aromatic N) is 1. The van der Waals surface area contributed by atoms with Crippen molar-refractivity contribution in [3.63, 3.8) is 0 Å². The van der Waals surface area contributed by atoms with Crippen molar-refractivity contribution >= 4 is 35.6 Å². The van der Waals surface area contributed by atoms with Gasteiger partial charge < -0.3 is 28.4 Å². The maximum absolute atomic E-state index is 11.8. The monoisotopic (exact) mass is 465 g/mol. The summed E-state index contributed by atoms with van der Waals surface area (Å²) in [6.45, 7) is 4.17. The maximum atomic E-state index is 11.8. The minimum Gasteiger partial charge on any atom is -0.463 e. The maximum Gasteiger partial charge on any atom is 0.303 e. The van der Waals surface area contributed by atoms with Crippen LogP contribution in [0.3, 0.4) is 0 Å². The van der Waals surface area contributed by atoms with Crippen molar-refractivity contribution in [2.45, 2.75) is 58.4 Å². The smallest absolute Gasteiger partial charge is 0.303 e. The van der Waals surface area contributed by atoms with Crippen LogP contribution in [0.5, 0.6) is 5.75 Å². The minimum atomic E-state index is -1.36. The van der Waals surface area contributed by atoms with Crippen LogP contribution in [0.4, 0.5) is 5.69 Å². The second-order valence-electron chi connectivity index (χ2n) is 6.88. The second-order valence-corrected chi connectivity index (χ2v) is 6.88. The van der Waals surface area contributed by atoms with Gasteiger partial charge in [-0.15, -0.1) is 0 Å². The van der Waals surface area contributed by atoms with Gasteiger partial charge in [-0.3, -0.25) is 19.2 Å². The standard InChI is InChI=1S/C21H23NO11/c1-11(24)28-9-17-18(29-12(2)25)19(30-13(3)26)20(31-14(4)27)21(33-17)32-16-7-5-15(6-8-16)22-10-23/h5-8,17-21H,9H2,1-4H3/t17-,18-,19+,20-,21-/m1/s1. The van der Waals surface area contributed by atoms with Gasteiger partial charge in [-0.2, -0.15) is 4.99 Å². The summed E-state index contributed by atoms with van der Waals surface area (Å²) in [5.41, 5.74) is 0.318. The average molecular weight is 465 g/mol. The van der Waals surface area contributed by atoms with E-state index < -0.39 is 54.6 Å². The zero-order valence-electron chi connectivity index (χ0n) is 18.3. The number of benzene rings is 1. The molecule has 33 heavy (non-hydrogen) atoms. The van der Waals surface area contributed by atoms with Crippen LogP contribution >= 0.6 is 0 Å². The number of ether oxygens (including phenoxy) is 6. The highest BCUT2D eigenvalue weighted by atomic mass is 16.7. The molecule has 0 spiro atoms. The number of carbonyl (C=O) groups is 4. The summed E-state index contributed by atoms with van der Waals surface area (Å²) in [5, 5.41) is 0. The average Bonchev–Trinajstić information content (AvgIpc) is 2.71. The third-order valence-corrected chi connectivity index (χ3v) is 4.21. The Kier molecular flexibility index (Phi) is 9.08. The minimum absolute atomic E-state index is 0.223. The molecule has 1 aliphatic rings. The summed E-state index contributed by atoms with van der Waals surface area (Å²) in [5.74, 6) is -2.64. The quantitative estimate of drug-likeness (QED) is 0.235. The van der Waals surface area contributed by atoms with Crippen LogP contribution in [-0.2, 0) is 47.7 Å². The lowest BCUT2D eigenvalue weighted by Gasteiger charge is -2.43. The van der Waals surface area contributed by atoms with Gasteiger partial charge in [0.2, 0.25) is 18.5 Å². The van der Waals surface area contributed by atoms with E-state index in [1.165, 1.54) is 37.3 Å². The highest BCUT2D eigenvalue weighted by Crippen LogP contribution is 2.31. The lowest BCUT2D eigenvalue weighted by Crippen LogP contribution is -2.63.